The number of hydrogen-bond donors (Lipinski definition) is 1. The van der Waals surface area contributed by atoms with E-state index in [9.17, 15) is 9.90 Å². The van der Waals surface area contributed by atoms with Gasteiger partial charge >= 0.3 is 5.97 Å². The normalized spacial score (nSPS) is 17.0. The predicted molar refractivity (Wildman–Crippen MR) is 106 cm³/mol. The van der Waals surface area contributed by atoms with Crippen LogP contribution in [-0.2, 0) is 4.79 Å². The van der Waals surface area contributed by atoms with Crippen LogP contribution < -0.4 is 4.74 Å². The third-order valence-corrected chi connectivity index (χ3v) is 5.67. The standard InChI is InChI=1S/C21H24BrNO3/c1-2-26-17-9-7-15(8-10-17)20(18-5-3-4-6-19(18)22)23-13-11-16(12-14-23)21(24)25/h3-10,16,20H,2,11-14H2,1H3,(H,24,25). The van der Waals surface area contributed by atoms with Gasteiger partial charge in [-0.15, -0.1) is 0 Å². The van der Waals surface area contributed by atoms with Gasteiger partial charge in [0.2, 0.25) is 0 Å². The lowest BCUT2D eigenvalue weighted by Gasteiger charge is -2.37. The van der Waals surface area contributed by atoms with Gasteiger partial charge in [-0.3, -0.25) is 9.69 Å². The first-order valence-corrected chi connectivity index (χ1v) is 9.83. The molecule has 0 aromatic heterocycles. The number of likely N-dealkylation sites (tertiary alicyclic amines) is 1. The summed E-state index contributed by atoms with van der Waals surface area (Å²) < 4.78 is 6.64. The van der Waals surface area contributed by atoms with Gasteiger partial charge in [-0.1, -0.05) is 46.3 Å². The van der Waals surface area contributed by atoms with Gasteiger partial charge in [-0.2, -0.15) is 0 Å². The summed E-state index contributed by atoms with van der Waals surface area (Å²) in [5.41, 5.74) is 2.39. The van der Waals surface area contributed by atoms with Crippen molar-refractivity contribution in [1.29, 1.82) is 0 Å². The first-order chi connectivity index (χ1) is 12.6. The molecule has 2 aromatic carbocycles. The second kappa shape index (κ2) is 8.69. The molecule has 3 rings (SSSR count). The third kappa shape index (κ3) is 4.27. The van der Waals surface area contributed by atoms with Crippen molar-refractivity contribution in [1.82, 2.24) is 4.90 Å². The Morgan fingerprint density at radius 2 is 1.85 bits per heavy atom. The Bertz CT molecular complexity index is 739. The molecule has 0 aliphatic carbocycles. The minimum absolute atomic E-state index is 0.0935. The van der Waals surface area contributed by atoms with Gasteiger partial charge in [0.1, 0.15) is 5.75 Å². The molecule has 26 heavy (non-hydrogen) atoms. The molecule has 1 N–H and O–H groups in total. The summed E-state index contributed by atoms with van der Waals surface area (Å²) in [5, 5.41) is 9.28. The predicted octanol–water partition coefficient (Wildman–Crippen LogP) is 4.73. The first-order valence-electron chi connectivity index (χ1n) is 9.04. The highest BCUT2D eigenvalue weighted by molar-refractivity contribution is 9.10. The minimum Gasteiger partial charge on any atom is -0.494 e. The van der Waals surface area contributed by atoms with Gasteiger partial charge in [0.25, 0.3) is 0 Å². The Balaban J connectivity index is 1.90. The van der Waals surface area contributed by atoms with Gasteiger partial charge in [-0.05, 0) is 62.2 Å². The fourth-order valence-electron chi connectivity index (χ4n) is 3.60. The van der Waals surface area contributed by atoms with Crippen molar-refractivity contribution >= 4 is 21.9 Å². The monoisotopic (exact) mass is 417 g/mol. The number of carboxylic acids is 1. The maximum absolute atomic E-state index is 11.3. The maximum atomic E-state index is 11.3. The van der Waals surface area contributed by atoms with Crippen molar-refractivity contribution in [3.8, 4) is 5.75 Å². The fraction of sp³-hybridized carbons (Fsp3) is 0.381. The molecule has 0 amide bonds. The van der Waals surface area contributed by atoms with Gasteiger partial charge in [0.05, 0.1) is 18.6 Å². The van der Waals surface area contributed by atoms with Crippen LogP contribution in [-0.4, -0.2) is 35.7 Å². The minimum atomic E-state index is -0.678. The van der Waals surface area contributed by atoms with Gasteiger partial charge < -0.3 is 9.84 Å². The number of carbonyl (C=O) groups is 1. The lowest BCUT2D eigenvalue weighted by molar-refractivity contribution is -0.143. The highest BCUT2D eigenvalue weighted by Gasteiger charge is 2.30. The van der Waals surface area contributed by atoms with E-state index in [0.29, 0.717) is 19.4 Å². The van der Waals surface area contributed by atoms with Crippen LogP contribution in [0.1, 0.15) is 36.9 Å². The fourth-order valence-corrected chi connectivity index (χ4v) is 4.10. The van der Waals surface area contributed by atoms with Crippen LogP contribution in [0.25, 0.3) is 0 Å². The number of aliphatic carboxylic acids is 1. The quantitative estimate of drug-likeness (QED) is 0.737. The molecule has 5 heteroatoms. The number of rotatable bonds is 6. The van der Waals surface area contributed by atoms with E-state index in [-0.39, 0.29) is 12.0 Å². The zero-order valence-electron chi connectivity index (χ0n) is 14.9. The number of nitrogens with zero attached hydrogens (tertiary/aromatic N) is 1. The number of benzene rings is 2. The summed E-state index contributed by atoms with van der Waals surface area (Å²) in [4.78, 5) is 13.7. The summed E-state index contributed by atoms with van der Waals surface area (Å²) in [6.07, 6.45) is 1.38. The number of piperidine rings is 1. The zero-order valence-corrected chi connectivity index (χ0v) is 16.5. The third-order valence-electron chi connectivity index (χ3n) is 4.95. The average Bonchev–Trinajstić information content (AvgIpc) is 2.65. The van der Waals surface area contributed by atoms with Crippen LogP contribution in [0, 0.1) is 5.92 Å². The molecule has 1 aliphatic rings. The molecule has 1 heterocycles. The lowest BCUT2D eigenvalue weighted by Crippen LogP contribution is -2.39. The van der Waals surface area contributed by atoms with E-state index in [2.05, 4.69) is 45.1 Å². The van der Waals surface area contributed by atoms with E-state index in [4.69, 9.17) is 4.74 Å². The Morgan fingerprint density at radius 1 is 1.19 bits per heavy atom. The molecule has 1 atom stereocenters. The van der Waals surface area contributed by atoms with Crippen molar-refractivity contribution in [3.05, 3.63) is 64.1 Å². The van der Waals surface area contributed by atoms with Crippen molar-refractivity contribution < 1.29 is 14.6 Å². The SMILES string of the molecule is CCOc1ccc(C(c2ccccc2Br)N2CCC(C(=O)O)CC2)cc1. The van der Waals surface area contributed by atoms with E-state index >= 15 is 0 Å². The van der Waals surface area contributed by atoms with Crippen LogP contribution >= 0.6 is 15.9 Å². The molecular weight excluding hydrogens is 394 g/mol. The molecule has 1 saturated heterocycles. The van der Waals surface area contributed by atoms with Crippen LogP contribution in [0.15, 0.2) is 53.0 Å². The molecule has 0 saturated carbocycles. The molecule has 1 fully saturated rings. The summed E-state index contributed by atoms with van der Waals surface area (Å²) in [7, 11) is 0. The van der Waals surface area contributed by atoms with Crippen LogP contribution in [0.3, 0.4) is 0 Å². The Morgan fingerprint density at radius 3 is 2.42 bits per heavy atom. The zero-order chi connectivity index (χ0) is 18.5. The lowest BCUT2D eigenvalue weighted by atomic mass is 9.91. The van der Waals surface area contributed by atoms with E-state index in [1.165, 1.54) is 11.1 Å². The molecule has 0 bridgehead atoms. The number of carboxylic acid groups (broad SMARTS) is 1. The molecule has 0 spiro atoms. The highest BCUT2D eigenvalue weighted by Crippen LogP contribution is 2.36. The Hall–Kier alpha value is -1.85. The van der Waals surface area contributed by atoms with E-state index in [1.54, 1.807) is 0 Å². The topological polar surface area (TPSA) is 49.8 Å². The summed E-state index contributed by atoms with van der Waals surface area (Å²) in [6.45, 7) is 4.17. The van der Waals surface area contributed by atoms with Crippen molar-refractivity contribution in [3.63, 3.8) is 0 Å². The molecule has 1 unspecified atom stereocenters. The van der Waals surface area contributed by atoms with Gasteiger partial charge in [0, 0.05) is 4.47 Å². The molecular formula is C21H24BrNO3. The smallest absolute Gasteiger partial charge is 0.306 e. The van der Waals surface area contributed by atoms with Gasteiger partial charge in [-0.25, -0.2) is 0 Å². The van der Waals surface area contributed by atoms with Gasteiger partial charge in [0.15, 0.2) is 0 Å². The highest BCUT2D eigenvalue weighted by atomic mass is 79.9. The average molecular weight is 418 g/mol. The van der Waals surface area contributed by atoms with E-state index in [0.717, 1.165) is 23.3 Å². The Labute approximate surface area is 162 Å². The van der Waals surface area contributed by atoms with Crippen molar-refractivity contribution in [2.75, 3.05) is 19.7 Å². The summed E-state index contributed by atoms with van der Waals surface area (Å²) >= 11 is 3.69. The van der Waals surface area contributed by atoms with Crippen molar-refractivity contribution in [2.24, 2.45) is 5.92 Å². The van der Waals surface area contributed by atoms with Crippen LogP contribution in [0.5, 0.6) is 5.75 Å². The Kier molecular flexibility index (Phi) is 6.33. The maximum Gasteiger partial charge on any atom is 0.306 e. The molecule has 2 aromatic rings. The number of halogens is 1. The summed E-state index contributed by atoms with van der Waals surface area (Å²) in [5.74, 6) is -0.0404. The first kappa shape index (κ1) is 18.9. The number of ether oxygens (including phenoxy) is 1. The molecule has 4 nitrogen and oxygen atoms in total. The van der Waals surface area contributed by atoms with Crippen LogP contribution in [0.4, 0.5) is 0 Å². The van der Waals surface area contributed by atoms with E-state index < -0.39 is 5.97 Å². The second-order valence-corrected chi connectivity index (χ2v) is 7.43. The summed E-state index contributed by atoms with van der Waals surface area (Å²) in [6, 6.07) is 16.6. The second-order valence-electron chi connectivity index (χ2n) is 6.57. The molecule has 0 radical (unpaired) electrons. The van der Waals surface area contributed by atoms with Crippen LogP contribution in [0.2, 0.25) is 0 Å². The largest absolute Gasteiger partial charge is 0.494 e. The molecule has 1 aliphatic heterocycles. The van der Waals surface area contributed by atoms with E-state index in [1.807, 2.05) is 31.2 Å². The van der Waals surface area contributed by atoms with Crippen molar-refractivity contribution in [2.45, 2.75) is 25.8 Å². The number of hydrogen-bond acceptors (Lipinski definition) is 3. The molecule has 138 valence electrons.